The summed E-state index contributed by atoms with van der Waals surface area (Å²) in [7, 11) is 0. The third-order valence-corrected chi connectivity index (χ3v) is 3.52. The summed E-state index contributed by atoms with van der Waals surface area (Å²) in [6, 6.07) is 3.48. The number of rotatable bonds is 2. The predicted octanol–water partition coefficient (Wildman–Crippen LogP) is 1.83. The van der Waals surface area contributed by atoms with Gasteiger partial charge in [0.15, 0.2) is 0 Å². The van der Waals surface area contributed by atoms with Crippen molar-refractivity contribution in [3.05, 3.63) is 28.5 Å². The van der Waals surface area contributed by atoms with Gasteiger partial charge in [0, 0.05) is 4.47 Å². The SMILES string of the molecule is CCC1C(=O)NCC(=O)N1c1cc(F)ccc1Br. The Hall–Kier alpha value is -1.43. The Morgan fingerprint density at radius 1 is 1.50 bits per heavy atom. The van der Waals surface area contributed by atoms with Gasteiger partial charge in [-0.1, -0.05) is 6.92 Å². The van der Waals surface area contributed by atoms with Crippen LogP contribution >= 0.6 is 15.9 Å². The fraction of sp³-hybridized carbons (Fsp3) is 0.333. The lowest BCUT2D eigenvalue weighted by Crippen LogP contribution is -2.58. The van der Waals surface area contributed by atoms with Gasteiger partial charge in [0.1, 0.15) is 11.9 Å². The highest BCUT2D eigenvalue weighted by atomic mass is 79.9. The van der Waals surface area contributed by atoms with E-state index in [1.807, 2.05) is 6.92 Å². The Morgan fingerprint density at radius 2 is 2.22 bits per heavy atom. The first-order valence-electron chi connectivity index (χ1n) is 5.59. The molecule has 0 aromatic heterocycles. The van der Waals surface area contributed by atoms with Gasteiger partial charge < -0.3 is 5.32 Å². The Kier molecular flexibility index (Phi) is 3.65. The summed E-state index contributed by atoms with van der Waals surface area (Å²) in [4.78, 5) is 25.0. The molecule has 1 saturated heterocycles. The molecule has 2 amide bonds. The molecular weight excluding hydrogens is 303 g/mol. The van der Waals surface area contributed by atoms with Crippen molar-refractivity contribution in [1.29, 1.82) is 0 Å². The Balaban J connectivity index is 2.47. The van der Waals surface area contributed by atoms with Crippen LogP contribution in [0.25, 0.3) is 0 Å². The van der Waals surface area contributed by atoms with Crippen molar-refractivity contribution in [2.24, 2.45) is 0 Å². The van der Waals surface area contributed by atoms with Crippen LogP contribution in [0.3, 0.4) is 0 Å². The molecular formula is C12H12BrFN2O2. The maximum Gasteiger partial charge on any atom is 0.247 e. The first-order chi connectivity index (χ1) is 8.54. The van der Waals surface area contributed by atoms with Gasteiger partial charge in [0.2, 0.25) is 11.8 Å². The highest BCUT2D eigenvalue weighted by Gasteiger charge is 2.35. The number of hydrogen-bond acceptors (Lipinski definition) is 2. The molecule has 1 aromatic carbocycles. The van der Waals surface area contributed by atoms with Crippen LogP contribution in [0.1, 0.15) is 13.3 Å². The van der Waals surface area contributed by atoms with E-state index in [2.05, 4.69) is 21.2 Å². The summed E-state index contributed by atoms with van der Waals surface area (Å²) >= 11 is 3.28. The van der Waals surface area contributed by atoms with E-state index in [-0.39, 0.29) is 18.4 Å². The van der Waals surface area contributed by atoms with Crippen LogP contribution in [0.15, 0.2) is 22.7 Å². The quantitative estimate of drug-likeness (QED) is 0.905. The van der Waals surface area contributed by atoms with Crippen LogP contribution in [0.2, 0.25) is 0 Å². The average Bonchev–Trinajstić information content (AvgIpc) is 2.35. The standard InChI is InChI=1S/C12H12BrFN2O2/c1-2-9-12(18)15-6-11(17)16(9)10-5-7(14)3-4-8(10)13/h3-5,9H,2,6H2,1H3,(H,15,18). The highest BCUT2D eigenvalue weighted by Crippen LogP contribution is 2.30. The number of nitrogens with zero attached hydrogens (tertiary/aromatic N) is 1. The molecule has 2 rings (SSSR count). The number of nitrogens with one attached hydrogen (secondary N) is 1. The second-order valence-electron chi connectivity index (χ2n) is 4.00. The van der Waals surface area contributed by atoms with E-state index < -0.39 is 11.9 Å². The lowest BCUT2D eigenvalue weighted by molar-refractivity contribution is -0.131. The van der Waals surface area contributed by atoms with E-state index in [9.17, 15) is 14.0 Å². The fourth-order valence-corrected chi connectivity index (χ4v) is 2.44. The van der Waals surface area contributed by atoms with Gasteiger partial charge in [-0.25, -0.2) is 4.39 Å². The summed E-state index contributed by atoms with van der Waals surface area (Å²) in [6.07, 6.45) is 0.473. The molecule has 18 heavy (non-hydrogen) atoms. The normalized spacial score (nSPS) is 19.9. The van der Waals surface area contributed by atoms with E-state index in [4.69, 9.17) is 0 Å². The molecule has 1 N–H and O–H groups in total. The summed E-state index contributed by atoms with van der Waals surface area (Å²) in [5, 5.41) is 2.53. The van der Waals surface area contributed by atoms with Crippen LogP contribution in [-0.4, -0.2) is 24.4 Å². The van der Waals surface area contributed by atoms with Crippen molar-refractivity contribution in [2.75, 3.05) is 11.4 Å². The van der Waals surface area contributed by atoms with E-state index in [1.165, 1.54) is 23.1 Å². The fourth-order valence-electron chi connectivity index (χ4n) is 2.00. The summed E-state index contributed by atoms with van der Waals surface area (Å²) in [6.45, 7) is 1.75. The largest absolute Gasteiger partial charge is 0.345 e. The molecule has 0 radical (unpaired) electrons. The van der Waals surface area contributed by atoms with Gasteiger partial charge in [-0.15, -0.1) is 0 Å². The number of amides is 2. The second kappa shape index (κ2) is 5.06. The van der Waals surface area contributed by atoms with E-state index in [0.717, 1.165) is 0 Å². The van der Waals surface area contributed by atoms with Crippen LogP contribution in [0.4, 0.5) is 10.1 Å². The summed E-state index contributed by atoms with van der Waals surface area (Å²) in [5.74, 6) is -0.900. The molecule has 1 aliphatic heterocycles. The predicted molar refractivity (Wildman–Crippen MR) is 68.7 cm³/mol. The number of carbonyl (C=O) groups is 2. The average molecular weight is 315 g/mol. The summed E-state index contributed by atoms with van der Waals surface area (Å²) < 4.78 is 13.9. The summed E-state index contributed by atoms with van der Waals surface area (Å²) in [5.41, 5.74) is 0.390. The number of hydrogen-bond donors (Lipinski definition) is 1. The molecule has 1 aromatic rings. The van der Waals surface area contributed by atoms with Crippen molar-refractivity contribution in [3.63, 3.8) is 0 Å². The van der Waals surface area contributed by atoms with Gasteiger partial charge in [0.05, 0.1) is 12.2 Å². The van der Waals surface area contributed by atoms with E-state index in [0.29, 0.717) is 16.6 Å². The molecule has 1 heterocycles. The topological polar surface area (TPSA) is 49.4 Å². The van der Waals surface area contributed by atoms with Crippen LogP contribution in [0.5, 0.6) is 0 Å². The zero-order valence-electron chi connectivity index (χ0n) is 9.74. The lowest BCUT2D eigenvalue weighted by Gasteiger charge is -2.34. The Morgan fingerprint density at radius 3 is 2.89 bits per heavy atom. The molecule has 0 spiro atoms. The van der Waals surface area contributed by atoms with E-state index in [1.54, 1.807) is 0 Å². The van der Waals surface area contributed by atoms with Gasteiger partial charge in [-0.05, 0) is 40.5 Å². The number of halogens is 2. The molecule has 1 aliphatic rings. The Bertz CT molecular complexity index is 507. The molecule has 0 bridgehead atoms. The number of carbonyl (C=O) groups excluding carboxylic acids is 2. The molecule has 96 valence electrons. The van der Waals surface area contributed by atoms with Gasteiger partial charge in [-0.3, -0.25) is 14.5 Å². The first-order valence-corrected chi connectivity index (χ1v) is 6.38. The smallest absolute Gasteiger partial charge is 0.247 e. The maximum atomic E-state index is 13.3. The van der Waals surface area contributed by atoms with Crippen molar-refractivity contribution in [1.82, 2.24) is 5.32 Å². The van der Waals surface area contributed by atoms with Crippen molar-refractivity contribution < 1.29 is 14.0 Å². The number of anilines is 1. The highest BCUT2D eigenvalue weighted by molar-refractivity contribution is 9.10. The van der Waals surface area contributed by atoms with Crippen molar-refractivity contribution in [3.8, 4) is 0 Å². The monoisotopic (exact) mass is 314 g/mol. The number of piperazine rings is 1. The third kappa shape index (κ3) is 2.25. The third-order valence-electron chi connectivity index (χ3n) is 2.85. The molecule has 0 aliphatic carbocycles. The van der Waals surface area contributed by atoms with Crippen LogP contribution in [0, 0.1) is 5.82 Å². The molecule has 1 fully saturated rings. The Labute approximate surface area is 112 Å². The molecule has 0 saturated carbocycles. The lowest BCUT2D eigenvalue weighted by atomic mass is 10.1. The second-order valence-corrected chi connectivity index (χ2v) is 4.86. The minimum atomic E-state index is -0.593. The van der Waals surface area contributed by atoms with Gasteiger partial charge >= 0.3 is 0 Å². The van der Waals surface area contributed by atoms with Crippen molar-refractivity contribution >= 4 is 33.4 Å². The zero-order chi connectivity index (χ0) is 13.3. The van der Waals surface area contributed by atoms with Crippen LogP contribution < -0.4 is 10.2 Å². The van der Waals surface area contributed by atoms with Gasteiger partial charge in [-0.2, -0.15) is 0 Å². The molecule has 4 nitrogen and oxygen atoms in total. The first kappa shape index (κ1) is 13.0. The minimum absolute atomic E-state index is 0.0573. The maximum absolute atomic E-state index is 13.3. The van der Waals surface area contributed by atoms with Crippen LogP contribution in [-0.2, 0) is 9.59 Å². The molecule has 1 atom stereocenters. The zero-order valence-corrected chi connectivity index (χ0v) is 11.3. The van der Waals surface area contributed by atoms with Crippen molar-refractivity contribution in [2.45, 2.75) is 19.4 Å². The van der Waals surface area contributed by atoms with E-state index >= 15 is 0 Å². The van der Waals surface area contributed by atoms with Gasteiger partial charge in [0.25, 0.3) is 0 Å². The molecule has 6 heteroatoms. The number of benzene rings is 1. The minimum Gasteiger partial charge on any atom is -0.345 e. The molecule has 1 unspecified atom stereocenters.